The van der Waals surface area contributed by atoms with Gasteiger partial charge in [0.1, 0.15) is 5.75 Å². The molecule has 1 aromatic heterocycles. The highest BCUT2D eigenvalue weighted by Crippen LogP contribution is 2.29. The summed E-state index contributed by atoms with van der Waals surface area (Å²) in [6, 6.07) is 6.50. The molecule has 1 amide bonds. The van der Waals surface area contributed by atoms with E-state index >= 15 is 0 Å². The average Bonchev–Trinajstić information content (AvgIpc) is 2.57. The number of hydrogen-bond acceptors (Lipinski definition) is 4. The Morgan fingerprint density at radius 1 is 1.30 bits per heavy atom. The molecule has 1 N–H and O–H groups in total. The molecule has 6 nitrogen and oxygen atoms in total. The summed E-state index contributed by atoms with van der Waals surface area (Å²) < 4.78 is 56.2. The number of rotatable bonds is 7. The van der Waals surface area contributed by atoms with Gasteiger partial charge < -0.3 is 10.1 Å². The third-order valence-electron chi connectivity index (χ3n) is 3.60. The van der Waals surface area contributed by atoms with Crippen LogP contribution >= 0.6 is 0 Å². The smallest absolute Gasteiger partial charge is 0.427 e. The van der Waals surface area contributed by atoms with Crippen LogP contribution in [0.5, 0.6) is 5.75 Å². The lowest BCUT2D eigenvalue weighted by atomic mass is 10.2. The molecule has 0 fully saturated rings. The Morgan fingerprint density at radius 3 is 2.59 bits per heavy atom. The number of nitrogens with zero attached hydrogens (tertiary/aromatic N) is 2. The van der Waals surface area contributed by atoms with Crippen molar-refractivity contribution >= 4 is 5.91 Å². The summed E-state index contributed by atoms with van der Waals surface area (Å²) in [5.74, 6) is -1.48. The predicted octanol–water partition coefficient (Wildman–Crippen LogP) is 2.53. The van der Waals surface area contributed by atoms with E-state index in [0.29, 0.717) is 11.4 Å². The van der Waals surface area contributed by atoms with Crippen LogP contribution in [0.4, 0.5) is 17.6 Å². The Morgan fingerprint density at radius 2 is 1.96 bits per heavy atom. The molecular weight excluding hydrogens is 370 g/mol. The molecule has 146 valence electrons. The van der Waals surface area contributed by atoms with Gasteiger partial charge in [0.2, 0.25) is 0 Å². The van der Waals surface area contributed by atoms with Crippen LogP contribution in [0.15, 0.2) is 35.1 Å². The number of aromatic nitrogens is 2. The Balaban J connectivity index is 2.08. The van der Waals surface area contributed by atoms with Crippen LogP contribution in [0.1, 0.15) is 21.7 Å². The van der Waals surface area contributed by atoms with Gasteiger partial charge in [-0.3, -0.25) is 9.36 Å². The van der Waals surface area contributed by atoms with E-state index in [9.17, 15) is 27.2 Å². The van der Waals surface area contributed by atoms with Crippen LogP contribution in [-0.2, 0) is 6.54 Å². The summed E-state index contributed by atoms with van der Waals surface area (Å²) in [4.78, 5) is 27.8. The number of alkyl halides is 4. The second-order valence-electron chi connectivity index (χ2n) is 5.69. The first-order valence-electron chi connectivity index (χ1n) is 7.89. The molecule has 0 aliphatic rings. The minimum Gasteiger partial charge on any atom is -0.427 e. The van der Waals surface area contributed by atoms with Crippen molar-refractivity contribution in [3.63, 3.8) is 0 Å². The van der Waals surface area contributed by atoms with Crippen molar-refractivity contribution < 1.29 is 27.1 Å². The Bertz CT molecular complexity index is 884. The number of nitrogens with one attached hydrogen (secondary N) is 1. The van der Waals surface area contributed by atoms with Crippen LogP contribution in [-0.4, -0.2) is 34.5 Å². The molecule has 0 atom stereocenters. The highest BCUT2D eigenvalue weighted by Gasteiger charge is 2.44. The summed E-state index contributed by atoms with van der Waals surface area (Å²) >= 11 is 0. The van der Waals surface area contributed by atoms with Crippen molar-refractivity contribution in [1.29, 1.82) is 0 Å². The van der Waals surface area contributed by atoms with E-state index in [2.05, 4.69) is 15.0 Å². The topological polar surface area (TPSA) is 73.2 Å². The van der Waals surface area contributed by atoms with Crippen molar-refractivity contribution in [2.75, 3.05) is 6.54 Å². The molecule has 1 aromatic carbocycles. The monoisotopic (exact) mass is 387 g/mol. The molecule has 2 rings (SSSR count). The molecule has 2 aromatic rings. The number of ether oxygens (including phenoxy) is 1. The highest BCUT2D eigenvalue weighted by atomic mass is 19.3. The van der Waals surface area contributed by atoms with Gasteiger partial charge in [0.05, 0.1) is 5.56 Å². The lowest BCUT2D eigenvalue weighted by Gasteiger charge is -2.19. The number of hydrogen-bond donors (Lipinski definition) is 1. The van der Waals surface area contributed by atoms with Crippen molar-refractivity contribution in [2.45, 2.75) is 32.9 Å². The molecule has 0 spiro atoms. The van der Waals surface area contributed by atoms with Crippen molar-refractivity contribution in [2.24, 2.45) is 0 Å². The number of aryl methyl sites for hydroxylation is 2. The van der Waals surface area contributed by atoms with Gasteiger partial charge in [-0.1, -0.05) is 12.1 Å². The Kier molecular flexibility index (Phi) is 6.19. The molecule has 0 bridgehead atoms. The molecule has 0 aliphatic heterocycles. The van der Waals surface area contributed by atoms with E-state index in [-0.39, 0.29) is 18.7 Å². The zero-order chi connectivity index (χ0) is 20.2. The second-order valence-corrected chi connectivity index (χ2v) is 5.69. The van der Waals surface area contributed by atoms with Gasteiger partial charge in [-0.05, 0) is 32.0 Å². The fraction of sp³-hybridized carbons (Fsp3) is 0.353. The standard InChI is InChI=1S/C17H17F4N3O3/c1-10-9-11(2)24(16(26)23-10)8-7-22-14(25)12-5-3-4-6-13(12)27-17(20,21)15(18)19/h3-6,9,15H,7-8H2,1-2H3,(H,22,25). The summed E-state index contributed by atoms with van der Waals surface area (Å²) in [5, 5.41) is 2.43. The number of benzene rings is 1. The van der Waals surface area contributed by atoms with Gasteiger partial charge in [0.25, 0.3) is 5.91 Å². The zero-order valence-corrected chi connectivity index (χ0v) is 14.5. The van der Waals surface area contributed by atoms with Gasteiger partial charge in [0.15, 0.2) is 0 Å². The van der Waals surface area contributed by atoms with Crippen LogP contribution in [0, 0.1) is 13.8 Å². The van der Waals surface area contributed by atoms with Gasteiger partial charge in [-0.25, -0.2) is 4.79 Å². The maximum absolute atomic E-state index is 13.1. The predicted molar refractivity (Wildman–Crippen MR) is 88.3 cm³/mol. The lowest BCUT2D eigenvalue weighted by Crippen LogP contribution is -2.35. The number of carbonyl (C=O) groups excluding carboxylic acids is 1. The van der Waals surface area contributed by atoms with Crippen LogP contribution < -0.4 is 15.7 Å². The number of amides is 1. The first-order valence-corrected chi connectivity index (χ1v) is 7.89. The third kappa shape index (κ3) is 5.05. The molecule has 1 heterocycles. The van der Waals surface area contributed by atoms with Gasteiger partial charge in [0, 0.05) is 24.5 Å². The third-order valence-corrected chi connectivity index (χ3v) is 3.60. The molecule has 0 saturated carbocycles. The normalized spacial score (nSPS) is 11.5. The van der Waals surface area contributed by atoms with E-state index in [0.717, 1.165) is 12.1 Å². The van der Waals surface area contributed by atoms with Gasteiger partial charge >= 0.3 is 18.2 Å². The quantitative estimate of drug-likeness (QED) is 0.741. The molecule has 0 saturated heterocycles. The van der Waals surface area contributed by atoms with Crippen LogP contribution in [0.2, 0.25) is 0 Å². The van der Waals surface area contributed by atoms with Crippen molar-refractivity contribution in [3.05, 3.63) is 57.8 Å². The highest BCUT2D eigenvalue weighted by molar-refractivity contribution is 5.96. The molecule has 0 unspecified atom stereocenters. The van der Waals surface area contributed by atoms with E-state index in [1.165, 1.54) is 16.7 Å². The Labute approximate surface area is 151 Å². The fourth-order valence-electron chi connectivity index (χ4n) is 2.36. The second kappa shape index (κ2) is 8.19. The van der Waals surface area contributed by atoms with Gasteiger partial charge in [-0.15, -0.1) is 0 Å². The Hall–Kier alpha value is -2.91. The zero-order valence-electron chi connectivity index (χ0n) is 14.5. The fourth-order valence-corrected chi connectivity index (χ4v) is 2.36. The summed E-state index contributed by atoms with van der Waals surface area (Å²) in [5.41, 5.74) is 0.386. The molecule has 10 heteroatoms. The number of para-hydroxylation sites is 1. The molecule has 27 heavy (non-hydrogen) atoms. The minimum atomic E-state index is -4.73. The lowest BCUT2D eigenvalue weighted by molar-refractivity contribution is -0.253. The first-order chi connectivity index (χ1) is 12.6. The summed E-state index contributed by atoms with van der Waals surface area (Å²) in [6.45, 7) is 3.46. The maximum atomic E-state index is 13.1. The summed E-state index contributed by atoms with van der Waals surface area (Å²) in [6.07, 6.45) is -8.77. The molecule has 0 aliphatic carbocycles. The minimum absolute atomic E-state index is 0.0100. The van der Waals surface area contributed by atoms with Crippen molar-refractivity contribution in [3.8, 4) is 5.75 Å². The maximum Gasteiger partial charge on any atom is 0.461 e. The first kappa shape index (κ1) is 20.4. The SMILES string of the molecule is Cc1cc(C)n(CCNC(=O)c2ccccc2OC(F)(F)C(F)F)c(=O)n1. The van der Waals surface area contributed by atoms with Crippen LogP contribution in [0.3, 0.4) is 0 Å². The van der Waals surface area contributed by atoms with Crippen LogP contribution in [0.25, 0.3) is 0 Å². The molecule has 0 radical (unpaired) electrons. The number of halogens is 4. The van der Waals surface area contributed by atoms with E-state index < -0.39 is 29.9 Å². The average molecular weight is 387 g/mol. The number of carbonyl (C=O) groups is 1. The van der Waals surface area contributed by atoms with E-state index in [1.807, 2.05) is 0 Å². The van der Waals surface area contributed by atoms with E-state index in [1.54, 1.807) is 19.9 Å². The van der Waals surface area contributed by atoms with E-state index in [4.69, 9.17) is 0 Å². The molecular formula is C17H17F4N3O3. The summed E-state index contributed by atoms with van der Waals surface area (Å²) in [7, 11) is 0. The van der Waals surface area contributed by atoms with Crippen molar-refractivity contribution in [1.82, 2.24) is 14.9 Å². The largest absolute Gasteiger partial charge is 0.461 e. The van der Waals surface area contributed by atoms with Gasteiger partial charge in [-0.2, -0.15) is 22.5 Å².